The molecule has 0 spiro atoms. The molecule has 0 atom stereocenters. The molecule has 7 heteroatoms. The molecule has 2 aromatic carbocycles. The summed E-state index contributed by atoms with van der Waals surface area (Å²) in [5, 5.41) is 0. The minimum absolute atomic E-state index is 0.0194. The highest BCUT2D eigenvalue weighted by Crippen LogP contribution is 2.34. The van der Waals surface area contributed by atoms with Crippen LogP contribution in [0.3, 0.4) is 0 Å². The molecule has 0 fully saturated rings. The Hall–Kier alpha value is -0.560. The molecule has 106 valence electrons. The molecule has 2 rings (SSSR count). The second-order valence-electron chi connectivity index (χ2n) is 4.04. The van der Waals surface area contributed by atoms with E-state index in [9.17, 15) is 8.42 Å². The van der Waals surface area contributed by atoms with E-state index in [0.29, 0.717) is 16.0 Å². The Morgan fingerprint density at radius 2 is 1.70 bits per heavy atom. The molecule has 20 heavy (non-hydrogen) atoms. The number of benzene rings is 2. The molecule has 0 aliphatic carbocycles. The van der Waals surface area contributed by atoms with Crippen LogP contribution in [0.2, 0.25) is 0 Å². The molecule has 0 saturated heterocycles. The molecule has 2 aromatic rings. The van der Waals surface area contributed by atoms with Gasteiger partial charge in [0.05, 0.1) is 9.37 Å². The van der Waals surface area contributed by atoms with Crippen molar-refractivity contribution >= 4 is 51.6 Å². The van der Waals surface area contributed by atoms with Crippen molar-refractivity contribution in [3.05, 3.63) is 50.9 Å². The van der Waals surface area contributed by atoms with Crippen LogP contribution in [0.5, 0.6) is 11.5 Å². The van der Waals surface area contributed by atoms with E-state index >= 15 is 0 Å². The van der Waals surface area contributed by atoms with Crippen LogP contribution in [-0.4, -0.2) is 8.42 Å². The first-order valence-corrected chi connectivity index (χ1v) is 9.35. The highest BCUT2D eigenvalue weighted by Gasteiger charge is 2.13. The van der Waals surface area contributed by atoms with Gasteiger partial charge in [-0.2, -0.15) is 0 Å². The number of rotatable bonds is 3. The largest absolute Gasteiger partial charge is 0.456 e. The monoisotopic (exact) mass is 438 g/mol. The molecule has 0 amide bonds. The predicted molar refractivity (Wildman–Crippen MR) is 86.1 cm³/mol. The fraction of sp³-hybridized carbons (Fsp3) is 0.0769. The Morgan fingerprint density at radius 3 is 2.25 bits per heavy atom. The Labute approximate surface area is 138 Å². The number of halogens is 3. The van der Waals surface area contributed by atoms with Crippen LogP contribution in [0.4, 0.5) is 0 Å². The maximum Gasteiger partial charge on any atom is 0.261 e. The van der Waals surface area contributed by atoms with Gasteiger partial charge >= 0.3 is 0 Å². The molecule has 0 aromatic heterocycles. The average Bonchev–Trinajstić information content (AvgIpc) is 2.33. The summed E-state index contributed by atoms with van der Waals surface area (Å²) in [5.41, 5.74) is 0.959. The van der Waals surface area contributed by atoms with E-state index in [4.69, 9.17) is 15.4 Å². The van der Waals surface area contributed by atoms with Gasteiger partial charge in [0.1, 0.15) is 11.5 Å². The smallest absolute Gasteiger partial charge is 0.261 e. The van der Waals surface area contributed by atoms with Crippen LogP contribution in [-0.2, 0) is 9.05 Å². The maximum atomic E-state index is 11.2. The Balaban J connectivity index is 2.35. The molecule has 0 aliphatic rings. The zero-order valence-electron chi connectivity index (χ0n) is 10.2. The summed E-state index contributed by atoms with van der Waals surface area (Å²) in [6.07, 6.45) is 0. The van der Waals surface area contributed by atoms with E-state index in [1.165, 1.54) is 12.1 Å². The lowest BCUT2D eigenvalue weighted by Gasteiger charge is -2.11. The summed E-state index contributed by atoms with van der Waals surface area (Å²) < 4.78 is 29.7. The Bertz CT molecular complexity index is 760. The van der Waals surface area contributed by atoms with E-state index < -0.39 is 9.05 Å². The standard InChI is InChI=1S/C13H9Br2ClO3S/c1-8-6-9(14)2-4-12(8)19-13-5-3-10(7-11(13)15)20(16,17)18/h2-7H,1H3. The van der Waals surface area contributed by atoms with Crippen LogP contribution in [0.15, 0.2) is 50.2 Å². The number of aryl methyl sites for hydroxylation is 1. The molecular weight excluding hydrogens is 431 g/mol. The zero-order chi connectivity index (χ0) is 14.9. The summed E-state index contributed by atoms with van der Waals surface area (Å²) in [6.45, 7) is 1.92. The second kappa shape index (κ2) is 6.05. The minimum Gasteiger partial charge on any atom is -0.456 e. The number of hydrogen-bond acceptors (Lipinski definition) is 3. The van der Waals surface area contributed by atoms with Crippen LogP contribution < -0.4 is 4.74 Å². The van der Waals surface area contributed by atoms with Crippen molar-refractivity contribution < 1.29 is 13.2 Å². The zero-order valence-corrected chi connectivity index (χ0v) is 15.0. The molecule has 0 heterocycles. The van der Waals surface area contributed by atoms with Crippen LogP contribution >= 0.6 is 42.5 Å². The van der Waals surface area contributed by atoms with Gasteiger partial charge in [-0.05, 0) is 64.8 Å². The Morgan fingerprint density at radius 1 is 1.05 bits per heavy atom. The van der Waals surface area contributed by atoms with Gasteiger partial charge < -0.3 is 4.74 Å². The summed E-state index contributed by atoms with van der Waals surface area (Å²) in [5.74, 6) is 1.20. The van der Waals surface area contributed by atoms with Gasteiger partial charge in [0.2, 0.25) is 0 Å². The van der Waals surface area contributed by atoms with Crippen LogP contribution in [0, 0.1) is 6.92 Å². The summed E-state index contributed by atoms with van der Waals surface area (Å²) in [7, 11) is 1.54. The molecule has 0 N–H and O–H groups in total. The quantitative estimate of drug-likeness (QED) is 0.613. The van der Waals surface area contributed by atoms with Gasteiger partial charge in [-0.15, -0.1) is 0 Å². The fourth-order valence-electron chi connectivity index (χ4n) is 1.56. The van der Waals surface area contributed by atoms with Crippen LogP contribution in [0.1, 0.15) is 5.56 Å². The van der Waals surface area contributed by atoms with Crippen molar-refractivity contribution in [2.75, 3.05) is 0 Å². The molecule has 0 unspecified atom stereocenters. The normalized spacial score (nSPS) is 11.4. The van der Waals surface area contributed by atoms with Gasteiger partial charge in [-0.3, -0.25) is 0 Å². The SMILES string of the molecule is Cc1cc(Br)ccc1Oc1ccc(S(=O)(=O)Cl)cc1Br. The third-order valence-electron chi connectivity index (χ3n) is 2.54. The predicted octanol–water partition coefficient (Wildman–Crippen LogP) is 5.24. The van der Waals surface area contributed by atoms with Gasteiger partial charge in [-0.1, -0.05) is 15.9 Å². The molecular formula is C13H9Br2ClO3S. The van der Waals surface area contributed by atoms with Crippen molar-refractivity contribution in [1.29, 1.82) is 0 Å². The molecule has 0 radical (unpaired) electrons. The van der Waals surface area contributed by atoms with Crippen molar-refractivity contribution in [1.82, 2.24) is 0 Å². The summed E-state index contributed by atoms with van der Waals surface area (Å²) >= 11 is 6.66. The highest BCUT2D eigenvalue weighted by atomic mass is 79.9. The summed E-state index contributed by atoms with van der Waals surface area (Å²) in [6, 6.07) is 10.00. The van der Waals surface area contributed by atoms with Crippen molar-refractivity contribution in [2.45, 2.75) is 11.8 Å². The third kappa shape index (κ3) is 3.75. The van der Waals surface area contributed by atoms with Gasteiger partial charge in [0.25, 0.3) is 9.05 Å². The van der Waals surface area contributed by atoms with E-state index in [0.717, 1.165) is 10.0 Å². The maximum absolute atomic E-state index is 11.2. The van der Waals surface area contributed by atoms with E-state index in [-0.39, 0.29) is 4.90 Å². The van der Waals surface area contributed by atoms with Gasteiger partial charge in [0.15, 0.2) is 0 Å². The third-order valence-corrected chi connectivity index (χ3v) is 5.01. The van der Waals surface area contributed by atoms with Crippen molar-refractivity contribution in [2.24, 2.45) is 0 Å². The lowest BCUT2D eigenvalue weighted by Crippen LogP contribution is -1.93. The van der Waals surface area contributed by atoms with E-state index in [2.05, 4.69) is 31.9 Å². The highest BCUT2D eigenvalue weighted by molar-refractivity contribution is 9.10. The second-order valence-corrected chi connectivity index (χ2v) is 8.38. The number of ether oxygens (including phenoxy) is 1. The average molecular weight is 441 g/mol. The first kappa shape index (κ1) is 15.8. The summed E-state index contributed by atoms with van der Waals surface area (Å²) in [4.78, 5) is 0.0194. The van der Waals surface area contributed by atoms with Gasteiger partial charge in [0, 0.05) is 15.2 Å². The number of hydrogen-bond donors (Lipinski definition) is 0. The van der Waals surface area contributed by atoms with E-state index in [1.54, 1.807) is 6.07 Å². The molecule has 0 bridgehead atoms. The molecule has 0 aliphatic heterocycles. The Kier molecular flexibility index (Phi) is 4.79. The lowest BCUT2D eigenvalue weighted by molar-refractivity contribution is 0.475. The van der Waals surface area contributed by atoms with Gasteiger partial charge in [-0.25, -0.2) is 8.42 Å². The molecule has 3 nitrogen and oxygen atoms in total. The minimum atomic E-state index is -3.75. The first-order valence-electron chi connectivity index (χ1n) is 5.45. The van der Waals surface area contributed by atoms with Crippen molar-refractivity contribution in [3.8, 4) is 11.5 Å². The van der Waals surface area contributed by atoms with Crippen LogP contribution in [0.25, 0.3) is 0 Å². The fourth-order valence-corrected chi connectivity index (χ4v) is 3.43. The lowest BCUT2D eigenvalue weighted by atomic mass is 10.2. The molecule has 0 saturated carbocycles. The van der Waals surface area contributed by atoms with Crippen molar-refractivity contribution in [3.63, 3.8) is 0 Å². The van der Waals surface area contributed by atoms with E-state index in [1.807, 2.05) is 25.1 Å². The first-order chi connectivity index (χ1) is 9.27. The topological polar surface area (TPSA) is 43.4 Å².